The Bertz CT molecular complexity index is 607. The third kappa shape index (κ3) is 3.51. The van der Waals surface area contributed by atoms with Crippen molar-refractivity contribution in [1.82, 2.24) is 4.90 Å². The van der Waals surface area contributed by atoms with E-state index in [1.165, 1.54) is 6.92 Å². The van der Waals surface area contributed by atoms with Gasteiger partial charge < -0.3 is 10.4 Å². The summed E-state index contributed by atoms with van der Waals surface area (Å²) in [6, 6.07) is 7.77. The van der Waals surface area contributed by atoms with Gasteiger partial charge in [-0.15, -0.1) is 12.4 Å². The number of rotatable bonds is 4. The number of likely N-dealkylation sites (tertiary alicyclic amines) is 1. The van der Waals surface area contributed by atoms with Crippen LogP contribution in [0.5, 0.6) is 0 Å². The van der Waals surface area contributed by atoms with Gasteiger partial charge in [0.15, 0.2) is 0 Å². The van der Waals surface area contributed by atoms with E-state index in [-0.39, 0.29) is 24.2 Å². The molecule has 1 saturated carbocycles. The molecule has 126 valence electrons. The van der Waals surface area contributed by atoms with Crippen molar-refractivity contribution in [3.05, 3.63) is 29.8 Å². The van der Waals surface area contributed by atoms with Crippen molar-refractivity contribution in [2.75, 3.05) is 18.4 Å². The van der Waals surface area contributed by atoms with Gasteiger partial charge in [0.2, 0.25) is 5.91 Å². The first-order valence-corrected chi connectivity index (χ1v) is 7.82. The Morgan fingerprint density at radius 3 is 2.87 bits per heavy atom. The summed E-state index contributed by atoms with van der Waals surface area (Å²) in [6.07, 6.45) is 2.85. The lowest BCUT2D eigenvalue weighted by Crippen LogP contribution is -2.35. The second kappa shape index (κ2) is 6.89. The van der Waals surface area contributed by atoms with E-state index in [1.54, 1.807) is 0 Å². The fourth-order valence-electron chi connectivity index (χ4n) is 4.07. The van der Waals surface area contributed by atoms with Gasteiger partial charge in [-0.2, -0.15) is 0 Å². The summed E-state index contributed by atoms with van der Waals surface area (Å²) in [4.78, 5) is 25.1. The molecule has 2 N–H and O–H groups in total. The van der Waals surface area contributed by atoms with Crippen LogP contribution in [0.2, 0.25) is 0 Å². The highest BCUT2D eigenvalue weighted by molar-refractivity contribution is 5.88. The maximum absolute atomic E-state index is 11.7. The smallest absolute Gasteiger partial charge is 0.311 e. The molecule has 0 spiro atoms. The number of fused-ring (bicyclic) bond motifs is 1. The molecule has 1 aromatic rings. The van der Waals surface area contributed by atoms with E-state index < -0.39 is 11.4 Å². The quantitative estimate of drug-likeness (QED) is 0.885. The van der Waals surface area contributed by atoms with Gasteiger partial charge in [-0.05, 0) is 36.5 Å². The number of hydrogen-bond acceptors (Lipinski definition) is 3. The van der Waals surface area contributed by atoms with Crippen LogP contribution in [-0.2, 0) is 16.1 Å². The molecule has 1 aliphatic carbocycles. The second-order valence-electron chi connectivity index (χ2n) is 6.60. The first kappa shape index (κ1) is 17.8. The maximum atomic E-state index is 11.7. The number of benzene rings is 1. The SMILES string of the molecule is CC(=O)Nc1cccc(CN2C[C@@H]3CCC[C@@]3(C(=O)O)C2)c1.Cl. The van der Waals surface area contributed by atoms with Crippen molar-refractivity contribution in [2.24, 2.45) is 11.3 Å². The third-order valence-electron chi connectivity index (χ3n) is 5.02. The number of halogens is 1. The lowest BCUT2D eigenvalue weighted by atomic mass is 9.81. The second-order valence-corrected chi connectivity index (χ2v) is 6.60. The van der Waals surface area contributed by atoms with E-state index in [0.717, 1.165) is 43.6 Å². The predicted molar refractivity (Wildman–Crippen MR) is 90.7 cm³/mol. The summed E-state index contributed by atoms with van der Waals surface area (Å²) in [6.45, 7) is 3.72. The van der Waals surface area contributed by atoms with Crippen LogP contribution >= 0.6 is 12.4 Å². The largest absolute Gasteiger partial charge is 0.481 e. The number of carbonyl (C=O) groups is 2. The van der Waals surface area contributed by atoms with Crippen LogP contribution in [0.3, 0.4) is 0 Å². The molecule has 3 rings (SSSR count). The lowest BCUT2D eigenvalue weighted by molar-refractivity contribution is -0.149. The van der Waals surface area contributed by atoms with Crippen LogP contribution < -0.4 is 5.32 Å². The maximum Gasteiger partial charge on any atom is 0.311 e. The molecule has 2 atom stereocenters. The third-order valence-corrected chi connectivity index (χ3v) is 5.02. The highest BCUT2D eigenvalue weighted by atomic mass is 35.5. The van der Waals surface area contributed by atoms with Gasteiger partial charge in [-0.25, -0.2) is 0 Å². The first-order chi connectivity index (χ1) is 10.5. The molecular formula is C17H23ClN2O3. The van der Waals surface area contributed by atoms with Crippen LogP contribution in [-0.4, -0.2) is 35.0 Å². The summed E-state index contributed by atoms with van der Waals surface area (Å²) >= 11 is 0. The molecule has 1 aliphatic heterocycles. The average Bonchev–Trinajstić information content (AvgIpc) is 2.95. The molecule has 0 radical (unpaired) electrons. The molecule has 2 fully saturated rings. The number of aliphatic carboxylic acids is 1. The molecule has 5 nitrogen and oxygen atoms in total. The van der Waals surface area contributed by atoms with Crippen molar-refractivity contribution >= 4 is 30.0 Å². The van der Waals surface area contributed by atoms with E-state index in [9.17, 15) is 14.7 Å². The van der Waals surface area contributed by atoms with Crippen molar-refractivity contribution in [3.63, 3.8) is 0 Å². The van der Waals surface area contributed by atoms with E-state index in [1.807, 2.05) is 24.3 Å². The normalized spacial score (nSPS) is 26.4. The van der Waals surface area contributed by atoms with Gasteiger partial charge in [0.05, 0.1) is 5.41 Å². The van der Waals surface area contributed by atoms with Gasteiger partial charge in [-0.1, -0.05) is 18.6 Å². The Labute approximate surface area is 142 Å². The molecule has 0 aromatic heterocycles. The standard InChI is InChI=1S/C17H22N2O3.ClH/c1-12(20)18-15-6-2-4-13(8-15)9-19-10-14-5-3-7-17(14,11-19)16(21)22;/h2,4,6,8,14H,3,5,7,9-11H2,1H3,(H,18,20)(H,21,22);1H/t14-,17+;/m0./s1. The summed E-state index contributed by atoms with van der Waals surface area (Å²) in [5, 5.41) is 12.4. The molecule has 1 heterocycles. The summed E-state index contributed by atoms with van der Waals surface area (Å²) < 4.78 is 0. The van der Waals surface area contributed by atoms with E-state index in [4.69, 9.17) is 0 Å². The summed E-state index contributed by atoms with van der Waals surface area (Å²) in [5.74, 6) is -0.439. The molecule has 1 aromatic carbocycles. The van der Waals surface area contributed by atoms with Gasteiger partial charge in [0.25, 0.3) is 0 Å². The average molecular weight is 339 g/mol. The Balaban J connectivity index is 0.00000192. The molecule has 0 unspecified atom stereocenters. The van der Waals surface area contributed by atoms with Crippen LogP contribution in [0.15, 0.2) is 24.3 Å². The Morgan fingerprint density at radius 2 is 2.22 bits per heavy atom. The molecule has 1 amide bonds. The van der Waals surface area contributed by atoms with Crippen molar-refractivity contribution in [1.29, 1.82) is 0 Å². The fraction of sp³-hybridized carbons (Fsp3) is 0.529. The molecule has 23 heavy (non-hydrogen) atoms. The number of carbonyl (C=O) groups excluding carboxylic acids is 1. The minimum atomic E-state index is -0.635. The highest BCUT2D eigenvalue weighted by Gasteiger charge is 2.54. The Hall–Kier alpha value is -1.59. The lowest BCUT2D eigenvalue weighted by Gasteiger charge is -2.23. The van der Waals surface area contributed by atoms with Crippen LogP contribution in [0.1, 0.15) is 31.7 Å². The predicted octanol–water partition coefficient (Wildman–Crippen LogP) is 2.75. The fourth-order valence-corrected chi connectivity index (χ4v) is 4.07. The van der Waals surface area contributed by atoms with E-state index >= 15 is 0 Å². The molecule has 2 aliphatic rings. The Kier molecular flexibility index (Phi) is 5.32. The number of anilines is 1. The minimum Gasteiger partial charge on any atom is -0.481 e. The minimum absolute atomic E-state index is 0. The molecule has 1 saturated heterocycles. The Morgan fingerprint density at radius 1 is 1.43 bits per heavy atom. The van der Waals surface area contributed by atoms with Gasteiger partial charge in [0.1, 0.15) is 0 Å². The van der Waals surface area contributed by atoms with Crippen molar-refractivity contribution in [2.45, 2.75) is 32.7 Å². The molecule has 0 bridgehead atoms. The van der Waals surface area contributed by atoms with Gasteiger partial charge >= 0.3 is 5.97 Å². The highest BCUT2D eigenvalue weighted by Crippen LogP contribution is 2.49. The number of carboxylic acids is 1. The number of hydrogen-bond donors (Lipinski definition) is 2. The van der Waals surface area contributed by atoms with Gasteiger partial charge in [0, 0.05) is 32.2 Å². The zero-order valence-electron chi connectivity index (χ0n) is 13.2. The zero-order chi connectivity index (χ0) is 15.7. The van der Waals surface area contributed by atoms with Crippen LogP contribution in [0, 0.1) is 11.3 Å². The number of carboxylic acid groups (broad SMARTS) is 1. The summed E-state index contributed by atoms with van der Waals surface area (Å²) in [5.41, 5.74) is 1.36. The van der Waals surface area contributed by atoms with E-state index in [0.29, 0.717) is 6.54 Å². The molecule has 6 heteroatoms. The van der Waals surface area contributed by atoms with Crippen LogP contribution in [0.4, 0.5) is 5.69 Å². The number of amides is 1. The van der Waals surface area contributed by atoms with E-state index in [2.05, 4.69) is 10.2 Å². The number of nitrogens with one attached hydrogen (secondary N) is 1. The monoisotopic (exact) mass is 338 g/mol. The van der Waals surface area contributed by atoms with Crippen molar-refractivity contribution in [3.8, 4) is 0 Å². The topological polar surface area (TPSA) is 69.6 Å². The summed E-state index contributed by atoms with van der Waals surface area (Å²) in [7, 11) is 0. The number of nitrogens with zero attached hydrogens (tertiary/aromatic N) is 1. The molecular weight excluding hydrogens is 316 g/mol. The van der Waals surface area contributed by atoms with Gasteiger partial charge in [-0.3, -0.25) is 14.5 Å². The first-order valence-electron chi connectivity index (χ1n) is 7.82. The zero-order valence-corrected chi connectivity index (χ0v) is 14.1. The van der Waals surface area contributed by atoms with Crippen molar-refractivity contribution < 1.29 is 14.7 Å². The van der Waals surface area contributed by atoms with Crippen LogP contribution in [0.25, 0.3) is 0 Å².